The molecule has 0 atom stereocenters. The highest BCUT2D eigenvalue weighted by atomic mass is 35.5. The molecule has 0 radical (unpaired) electrons. The molecular formula is C19H22ClN3O3S. The fourth-order valence-corrected chi connectivity index (χ4v) is 3.94. The molecule has 1 aliphatic rings. The minimum Gasteiger partial charge on any atom is -0.371 e. The van der Waals surface area contributed by atoms with Crippen molar-refractivity contribution in [3.8, 4) is 0 Å². The molecule has 1 heterocycles. The Balaban J connectivity index is 1.72. The van der Waals surface area contributed by atoms with Gasteiger partial charge in [0.25, 0.3) is 5.91 Å². The molecule has 1 fully saturated rings. The zero-order valence-corrected chi connectivity index (χ0v) is 16.6. The third-order valence-corrected chi connectivity index (χ3v) is 5.32. The number of para-hydroxylation sites is 1. The van der Waals surface area contributed by atoms with Crippen molar-refractivity contribution in [3.63, 3.8) is 0 Å². The van der Waals surface area contributed by atoms with Crippen molar-refractivity contribution in [1.29, 1.82) is 0 Å². The lowest BCUT2D eigenvalue weighted by atomic mass is 10.1. The van der Waals surface area contributed by atoms with Crippen LogP contribution in [-0.2, 0) is 16.6 Å². The van der Waals surface area contributed by atoms with Gasteiger partial charge in [-0.2, -0.15) is 0 Å². The number of rotatable bonds is 6. The monoisotopic (exact) mass is 407 g/mol. The van der Waals surface area contributed by atoms with Crippen LogP contribution in [-0.4, -0.2) is 33.7 Å². The van der Waals surface area contributed by atoms with E-state index in [1.807, 2.05) is 18.2 Å². The minimum absolute atomic E-state index is 0.185. The van der Waals surface area contributed by atoms with Gasteiger partial charge in [-0.25, -0.2) is 8.42 Å². The fraction of sp³-hybridized carbons (Fsp3) is 0.316. The number of amides is 1. The Morgan fingerprint density at radius 3 is 2.56 bits per heavy atom. The van der Waals surface area contributed by atoms with Gasteiger partial charge in [0, 0.05) is 30.9 Å². The Kier molecular flexibility index (Phi) is 5.92. The van der Waals surface area contributed by atoms with E-state index in [1.54, 1.807) is 6.07 Å². The van der Waals surface area contributed by atoms with Crippen LogP contribution in [0.2, 0.25) is 5.02 Å². The summed E-state index contributed by atoms with van der Waals surface area (Å²) >= 11 is 6.01. The molecular weight excluding hydrogens is 386 g/mol. The van der Waals surface area contributed by atoms with Gasteiger partial charge in [-0.15, -0.1) is 0 Å². The summed E-state index contributed by atoms with van der Waals surface area (Å²) < 4.78 is 25.2. The Labute approximate surface area is 164 Å². The van der Waals surface area contributed by atoms with Gasteiger partial charge in [0.05, 0.1) is 17.0 Å². The van der Waals surface area contributed by atoms with Gasteiger partial charge in [-0.05, 0) is 42.7 Å². The molecule has 2 N–H and O–H groups in total. The number of nitrogens with one attached hydrogen (secondary N) is 2. The first kappa shape index (κ1) is 19.5. The Bertz CT molecular complexity index is 941. The number of carbonyl (C=O) groups is 1. The van der Waals surface area contributed by atoms with E-state index in [1.165, 1.54) is 25.0 Å². The maximum Gasteiger partial charge on any atom is 0.251 e. The number of halogens is 1. The first-order valence-corrected chi connectivity index (χ1v) is 11.0. The highest BCUT2D eigenvalue weighted by Crippen LogP contribution is 2.26. The van der Waals surface area contributed by atoms with Crippen LogP contribution in [0.25, 0.3) is 0 Å². The lowest BCUT2D eigenvalue weighted by Crippen LogP contribution is -2.25. The molecule has 3 rings (SSSR count). The van der Waals surface area contributed by atoms with Crippen LogP contribution < -0.4 is 14.9 Å². The van der Waals surface area contributed by atoms with E-state index in [-0.39, 0.29) is 16.6 Å². The first-order valence-electron chi connectivity index (χ1n) is 8.72. The number of hydrogen-bond acceptors (Lipinski definition) is 4. The maximum absolute atomic E-state index is 12.5. The molecule has 6 nitrogen and oxygen atoms in total. The van der Waals surface area contributed by atoms with Gasteiger partial charge < -0.3 is 10.2 Å². The van der Waals surface area contributed by atoms with E-state index in [2.05, 4.69) is 21.0 Å². The van der Waals surface area contributed by atoms with E-state index in [4.69, 9.17) is 11.6 Å². The number of hydrogen-bond donors (Lipinski definition) is 2. The molecule has 2 aromatic rings. The third-order valence-electron chi connectivity index (χ3n) is 4.40. The second kappa shape index (κ2) is 8.19. The highest BCUT2D eigenvalue weighted by molar-refractivity contribution is 7.92. The van der Waals surface area contributed by atoms with Crippen molar-refractivity contribution in [2.45, 2.75) is 19.4 Å². The fourth-order valence-electron chi connectivity index (χ4n) is 3.15. The zero-order valence-electron chi connectivity index (χ0n) is 15.0. The molecule has 1 amide bonds. The summed E-state index contributed by atoms with van der Waals surface area (Å²) in [4.78, 5) is 14.9. The molecule has 1 aliphatic heterocycles. The lowest BCUT2D eigenvalue weighted by Gasteiger charge is -2.21. The number of anilines is 2. The van der Waals surface area contributed by atoms with E-state index >= 15 is 0 Å². The first-order chi connectivity index (χ1) is 12.8. The van der Waals surface area contributed by atoms with Crippen LogP contribution in [0, 0.1) is 0 Å². The SMILES string of the molecule is CS(=O)(=O)Nc1cc(C(=O)NCc2ccccc2N2CCCC2)ccc1Cl. The number of benzene rings is 2. The van der Waals surface area contributed by atoms with Crippen LogP contribution in [0.4, 0.5) is 11.4 Å². The summed E-state index contributed by atoms with van der Waals surface area (Å²) in [6.07, 6.45) is 3.40. The molecule has 144 valence electrons. The van der Waals surface area contributed by atoms with Crippen molar-refractivity contribution in [2.75, 3.05) is 29.0 Å². The van der Waals surface area contributed by atoms with Crippen molar-refractivity contribution >= 4 is 38.9 Å². The smallest absolute Gasteiger partial charge is 0.251 e. The molecule has 0 aliphatic carbocycles. The number of sulfonamides is 1. The van der Waals surface area contributed by atoms with Crippen LogP contribution in [0.1, 0.15) is 28.8 Å². The molecule has 0 aromatic heterocycles. The van der Waals surface area contributed by atoms with Gasteiger partial charge in [0.15, 0.2) is 0 Å². The summed E-state index contributed by atoms with van der Waals surface area (Å²) in [6.45, 7) is 2.45. The Morgan fingerprint density at radius 2 is 1.85 bits per heavy atom. The molecule has 0 unspecified atom stereocenters. The molecule has 2 aromatic carbocycles. The maximum atomic E-state index is 12.5. The van der Waals surface area contributed by atoms with Crippen molar-refractivity contribution in [1.82, 2.24) is 5.32 Å². The Hall–Kier alpha value is -2.25. The van der Waals surface area contributed by atoms with Crippen LogP contribution in [0.3, 0.4) is 0 Å². The average molecular weight is 408 g/mol. The summed E-state index contributed by atoms with van der Waals surface area (Å²) in [6, 6.07) is 12.5. The standard InChI is InChI=1S/C19H22ClN3O3S/c1-27(25,26)22-17-12-14(8-9-16(17)20)19(24)21-13-15-6-2-3-7-18(15)23-10-4-5-11-23/h2-3,6-9,12,22H,4-5,10-11,13H2,1H3,(H,21,24). The molecule has 27 heavy (non-hydrogen) atoms. The van der Waals surface area contributed by atoms with Crippen LogP contribution in [0.5, 0.6) is 0 Å². The van der Waals surface area contributed by atoms with Crippen molar-refractivity contribution in [3.05, 3.63) is 58.6 Å². The normalized spacial score (nSPS) is 14.2. The highest BCUT2D eigenvalue weighted by Gasteiger charge is 2.16. The number of carbonyl (C=O) groups excluding carboxylic acids is 1. The van der Waals surface area contributed by atoms with Crippen molar-refractivity contribution in [2.24, 2.45) is 0 Å². The minimum atomic E-state index is -3.48. The summed E-state index contributed by atoms with van der Waals surface area (Å²) in [5.74, 6) is -0.292. The van der Waals surface area contributed by atoms with E-state index in [9.17, 15) is 13.2 Å². The molecule has 0 saturated carbocycles. The largest absolute Gasteiger partial charge is 0.371 e. The summed E-state index contributed by atoms with van der Waals surface area (Å²) in [7, 11) is -3.48. The Morgan fingerprint density at radius 1 is 1.15 bits per heavy atom. The predicted molar refractivity (Wildman–Crippen MR) is 109 cm³/mol. The molecule has 1 saturated heterocycles. The second-order valence-corrected chi connectivity index (χ2v) is 8.73. The van der Waals surface area contributed by atoms with Gasteiger partial charge in [0.1, 0.15) is 0 Å². The van der Waals surface area contributed by atoms with E-state index in [0.717, 1.165) is 30.6 Å². The van der Waals surface area contributed by atoms with Gasteiger partial charge >= 0.3 is 0 Å². The molecule has 8 heteroatoms. The van der Waals surface area contributed by atoms with Gasteiger partial charge in [-0.1, -0.05) is 29.8 Å². The van der Waals surface area contributed by atoms with Crippen LogP contribution >= 0.6 is 11.6 Å². The summed E-state index contributed by atoms with van der Waals surface area (Å²) in [5.41, 5.74) is 2.72. The number of nitrogens with zero attached hydrogens (tertiary/aromatic N) is 1. The van der Waals surface area contributed by atoms with Gasteiger partial charge in [0.2, 0.25) is 10.0 Å². The van der Waals surface area contributed by atoms with Crippen molar-refractivity contribution < 1.29 is 13.2 Å². The van der Waals surface area contributed by atoms with Crippen LogP contribution in [0.15, 0.2) is 42.5 Å². The predicted octanol–water partition coefficient (Wildman–Crippen LogP) is 3.24. The van der Waals surface area contributed by atoms with E-state index in [0.29, 0.717) is 12.1 Å². The lowest BCUT2D eigenvalue weighted by molar-refractivity contribution is 0.0951. The van der Waals surface area contributed by atoms with E-state index < -0.39 is 10.0 Å². The van der Waals surface area contributed by atoms with Gasteiger partial charge in [-0.3, -0.25) is 9.52 Å². The third kappa shape index (κ3) is 5.14. The average Bonchev–Trinajstić information content (AvgIpc) is 3.15. The quantitative estimate of drug-likeness (QED) is 0.770. The second-order valence-electron chi connectivity index (χ2n) is 6.57. The molecule has 0 bridgehead atoms. The topological polar surface area (TPSA) is 78.5 Å². The summed E-state index contributed by atoms with van der Waals surface area (Å²) in [5, 5.41) is 3.14. The molecule has 0 spiro atoms. The zero-order chi connectivity index (χ0) is 19.4.